The molecular weight excluding hydrogens is 347 g/mol. The molecule has 144 valence electrons. The molecular formula is C19H25BN2O5. The van der Waals surface area contributed by atoms with Gasteiger partial charge in [0, 0.05) is 11.8 Å². The van der Waals surface area contributed by atoms with Gasteiger partial charge in [-0.3, -0.25) is 14.5 Å². The summed E-state index contributed by atoms with van der Waals surface area (Å²) in [7, 11) is -0.517. The van der Waals surface area contributed by atoms with E-state index in [2.05, 4.69) is 5.32 Å². The summed E-state index contributed by atoms with van der Waals surface area (Å²) in [4.78, 5) is 25.3. The minimum Gasteiger partial charge on any atom is -0.399 e. The number of carbonyl (C=O) groups is 2. The van der Waals surface area contributed by atoms with Crippen molar-refractivity contribution >= 4 is 30.1 Å². The molecule has 3 rings (SSSR count). The molecule has 1 aromatic rings. The number of hydrogen-bond donors (Lipinski definition) is 2. The smallest absolute Gasteiger partial charge is 0.399 e. The fraction of sp³-hybridized carbons (Fsp3) is 0.474. The van der Waals surface area contributed by atoms with Crippen LogP contribution in [-0.2, 0) is 18.9 Å². The highest BCUT2D eigenvalue weighted by Crippen LogP contribution is 2.36. The number of imide groups is 1. The number of anilines is 1. The summed E-state index contributed by atoms with van der Waals surface area (Å²) in [6.45, 7) is 9.58. The van der Waals surface area contributed by atoms with Gasteiger partial charge in [0.05, 0.1) is 24.4 Å². The Morgan fingerprint density at radius 3 is 2.37 bits per heavy atom. The van der Waals surface area contributed by atoms with Crippen molar-refractivity contribution in [2.24, 2.45) is 0 Å². The Morgan fingerprint density at radius 1 is 1.15 bits per heavy atom. The zero-order valence-electron chi connectivity index (χ0n) is 16.3. The number of aliphatic hydroxyl groups excluding tert-OH is 1. The molecule has 0 saturated carbocycles. The van der Waals surface area contributed by atoms with Crippen molar-refractivity contribution in [2.75, 3.05) is 18.5 Å². The molecule has 2 amide bonds. The first-order valence-electron chi connectivity index (χ1n) is 8.97. The van der Waals surface area contributed by atoms with E-state index in [0.717, 1.165) is 15.9 Å². The highest BCUT2D eigenvalue weighted by Gasteiger charge is 2.51. The number of rotatable bonds is 5. The highest BCUT2D eigenvalue weighted by atomic mass is 16.7. The Morgan fingerprint density at radius 2 is 1.78 bits per heavy atom. The second-order valence-corrected chi connectivity index (χ2v) is 7.86. The van der Waals surface area contributed by atoms with Crippen molar-refractivity contribution in [2.45, 2.75) is 45.8 Å². The van der Waals surface area contributed by atoms with Gasteiger partial charge in [-0.25, -0.2) is 0 Å². The molecule has 0 radical (unpaired) electrons. The van der Waals surface area contributed by atoms with Crippen molar-refractivity contribution < 1.29 is 24.0 Å². The summed E-state index contributed by atoms with van der Waals surface area (Å²) >= 11 is 0. The molecule has 2 aliphatic heterocycles. The van der Waals surface area contributed by atoms with Gasteiger partial charge in [0.25, 0.3) is 11.8 Å². The number of hydrogen-bond acceptors (Lipinski definition) is 6. The summed E-state index contributed by atoms with van der Waals surface area (Å²) in [5, 5.41) is 12.0. The summed E-state index contributed by atoms with van der Waals surface area (Å²) in [6, 6.07) is 5.71. The second kappa shape index (κ2) is 6.78. The first kappa shape index (κ1) is 19.6. The Balaban J connectivity index is 1.83. The van der Waals surface area contributed by atoms with E-state index in [9.17, 15) is 9.59 Å². The van der Waals surface area contributed by atoms with E-state index < -0.39 is 30.1 Å². The SMILES string of the molecule is Cc1ccc(B2OC(C)(C)C(C)(C)O2)cc1NC1=CC(=O)N(CCO)C1=O. The lowest BCUT2D eigenvalue weighted by atomic mass is 9.78. The first-order chi connectivity index (χ1) is 12.6. The topological polar surface area (TPSA) is 88.1 Å². The van der Waals surface area contributed by atoms with E-state index in [1.807, 2.05) is 52.8 Å². The molecule has 0 spiro atoms. The monoisotopic (exact) mass is 372 g/mol. The van der Waals surface area contributed by atoms with Gasteiger partial charge < -0.3 is 19.7 Å². The molecule has 2 heterocycles. The zero-order chi connectivity index (χ0) is 20.0. The molecule has 27 heavy (non-hydrogen) atoms. The van der Waals surface area contributed by atoms with Crippen LogP contribution in [0.25, 0.3) is 0 Å². The molecule has 8 heteroatoms. The average molecular weight is 372 g/mol. The number of benzene rings is 1. The van der Waals surface area contributed by atoms with Crippen LogP contribution in [0.2, 0.25) is 0 Å². The van der Waals surface area contributed by atoms with Crippen LogP contribution >= 0.6 is 0 Å². The first-order valence-corrected chi connectivity index (χ1v) is 8.97. The normalized spacial score (nSPS) is 21.0. The molecule has 0 unspecified atom stereocenters. The number of aliphatic hydroxyl groups is 1. The maximum absolute atomic E-state index is 12.3. The number of nitrogens with one attached hydrogen (secondary N) is 1. The third kappa shape index (κ3) is 3.52. The van der Waals surface area contributed by atoms with Crippen LogP contribution in [0.3, 0.4) is 0 Å². The molecule has 0 aromatic heterocycles. The van der Waals surface area contributed by atoms with Crippen molar-refractivity contribution in [3.8, 4) is 0 Å². The van der Waals surface area contributed by atoms with Crippen LogP contribution in [0.1, 0.15) is 33.3 Å². The van der Waals surface area contributed by atoms with Crippen molar-refractivity contribution in [1.82, 2.24) is 4.90 Å². The summed E-state index contributed by atoms with van der Waals surface area (Å²) in [5.74, 6) is -0.884. The van der Waals surface area contributed by atoms with Crippen LogP contribution in [0, 0.1) is 6.92 Å². The third-order valence-corrected chi connectivity index (χ3v) is 5.39. The minimum atomic E-state index is -0.517. The van der Waals surface area contributed by atoms with E-state index in [1.54, 1.807) is 0 Å². The van der Waals surface area contributed by atoms with E-state index in [1.165, 1.54) is 6.08 Å². The Labute approximate surface area is 159 Å². The maximum Gasteiger partial charge on any atom is 0.494 e. The third-order valence-electron chi connectivity index (χ3n) is 5.39. The van der Waals surface area contributed by atoms with Gasteiger partial charge in [0.1, 0.15) is 5.70 Å². The number of amides is 2. The molecule has 0 atom stereocenters. The van der Waals surface area contributed by atoms with Crippen molar-refractivity contribution in [3.05, 3.63) is 35.5 Å². The summed E-state index contributed by atoms with van der Waals surface area (Å²) in [6.07, 6.45) is 1.25. The van der Waals surface area contributed by atoms with Gasteiger partial charge in [-0.15, -0.1) is 0 Å². The number of carbonyl (C=O) groups excluding carboxylic acids is 2. The van der Waals surface area contributed by atoms with Gasteiger partial charge in [-0.05, 0) is 51.7 Å². The maximum atomic E-state index is 12.3. The van der Waals surface area contributed by atoms with Crippen molar-refractivity contribution in [1.29, 1.82) is 0 Å². The molecule has 0 bridgehead atoms. The molecule has 2 N–H and O–H groups in total. The standard InChI is InChI=1S/C19H25BN2O5/c1-12-6-7-13(20-26-18(2,3)19(4,5)27-20)10-14(12)21-15-11-16(24)22(8-9-23)17(15)25/h6-7,10-11,21,23H,8-9H2,1-5H3. The highest BCUT2D eigenvalue weighted by molar-refractivity contribution is 6.62. The Bertz CT molecular complexity index is 802. The van der Waals surface area contributed by atoms with E-state index in [4.69, 9.17) is 14.4 Å². The Hall–Kier alpha value is -2.16. The lowest BCUT2D eigenvalue weighted by molar-refractivity contribution is -0.137. The van der Waals surface area contributed by atoms with Gasteiger partial charge in [-0.2, -0.15) is 0 Å². The van der Waals surface area contributed by atoms with Crippen LogP contribution in [0.15, 0.2) is 30.0 Å². The lowest BCUT2D eigenvalue weighted by Gasteiger charge is -2.32. The van der Waals surface area contributed by atoms with Crippen molar-refractivity contribution in [3.63, 3.8) is 0 Å². The molecule has 1 saturated heterocycles. The summed E-state index contributed by atoms with van der Waals surface area (Å²) < 4.78 is 12.2. The fourth-order valence-corrected chi connectivity index (χ4v) is 2.96. The number of nitrogens with zero attached hydrogens (tertiary/aromatic N) is 1. The van der Waals surface area contributed by atoms with Gasteiger partial charge in [0.15, 0.2) is 0 Å². The quantitative estimate of drug-likeness (QED) is 0.591. The van der Waals surface area contributed by atoms with Crippen LogP contribution < -0.4 is 10.8 Å². The van der Waals surface area contributed by atoms with Crippen LogP contribution in [0.4, 0.5) is 5.69 Å². The number of β-amino-alcohol motifs (C(OH)–C–C–N with tert-alkyl or cyclic N) is 1. The molecule has 2 aliphatic rings. The predicted molar refractivity (Wildman–Crippen MR) is 102 cm³/mol. The van der Waals surface area contributed by atoms with E-state index in [0.29, 0.717) is 5.69 Å². The second-order valence-electron chi connectivity index (χ2n) is 7.86. The Kier molecular flexibility index (Phi) is 4.92. The number of aryl methyl sites for hydroxylation is 1. The minimum absolute atomic E-state index is 0.0215. The van der Waals surface area contributed by atoms with Gasteiger partial charge in [-0.1, -0.05) is 12.1 Å². The predicted octanol–water partition coefficient (Wildman–Crippen LogP) is 0.951. The van der Waals surface area contributed by atoms with Gasteiger partial charge in [0.2, 0.25) is 0 Å². The lowest BCUT2D eigenvalue weighted by Crippen LogP contribution is -2.41. The average Bonchev–Trinajstić information content (AvgIpc) is 2.96. The molecule has 7 nitrogen and oxygen atoms in total. The fourth-order valence-electron chi connectivity index (χ4n) is 2.96. The van der Waals surface area contributed by atoms with E-state index >= 15 is 0 Å². The largest absolute Gasteiger partial charge is 0.494 e. The molecule has 1 fully saturated rings. The van der Waals surface area contributed by atoms with E-state index in [-0.39, 0.29) is 18.8 Å². The molecule has 0 aliphatic carbocycles. The summed E-state index contributed by atoms with van der Waals surface area (Å²) in [5.41, 5.74) is 1.72. The van der Waals surface area contributed by atoms with Crippen LogP contribution in [-0.4, -0.2) is 53.3 Å². The van der Waals surface area contributed by atoms with Crippen LogP contribution in [0.5, 0.6) is 0 Å². The zero-order valence-corrected chi connectivity index (χ0v) is 16.3. The molecule has 1 aromatic carbocycles. The van der Waals surface area contributed by atoms with Gasteiger partial charge >= 0.3 is 7.12 Å².